The largest absolute Gasteiger partial charge is 0.368 e. The fraction of sp³-hybridized carbons (Fsp3) is 0.615. The Kier molecular flexibility index (Phi) is 4.33. The lowest BCUT2D eigenvalue weighted by Crippen LogP contribution is -2.31. The van der Waals surface area contributed by atoms with Crippen molar-refractivity contribution in [3.8, 4) is 0 Å². The predicted octanol–water partition coefficient (Wildman–Crippen LogP) is 3.17. The van der Waals surface area contributed by atoms with E-state index in [0.717, 1.165) is 38.4 Å². The van der Waals surface area contributed by atoms with Crippen molar-refractivity contribution in [2.24, 2.45) is 0 Å². The van der Waals surface area contributed by atoms with Gasteiger partial charge in [0.25, 0.3) is 0 Å². The van der Waals surface area contributed by atoms with Gasteiger partial charge in [-0.2, -0.15) is 0 Å². The topological polar surface area (TPSA) is 28.2 Å². The number of piperidine rings is 1. The third-order valence-corrected chi connectivity index (χ3v) is 3.11. The molecular weight excluding hydrogens is 236 g/mol. The maximum absolute atomic E-state index is 13.8. The fourth-order valence-electron chi connectivity index (χ4n) is 2.15. The minimum atomic E-state index is -0.623. The number of hydrogen-bond acceptors (Lipinski definition) is 3. The molecule has 0 amide bonds. The highest BCUT2D eigenvalue weighted by Crippen LogP contribution is 2.24. The average Bonchev–Trinajstić information content (AvgIpc) is 2.39. The molecule has 0 saturated carbocycles. The van der Waals surface area contributed by atoms with E-state index in [4.69, 9.17) is 0 Å². The van der Waals surface area contributed by atoms with E-state index in [1.807, 2.05) is 11.8 Å². The molecule has 0 aliphatic carbocycles. The highest BCUT2D eigenvalue weighted by molar-refractivity contribution is 5.49. The van der Waals surface area contributed by atoms with Crippen LogP contribution in [0.5, 0.6) is 0 Å². The van der Waals surface area contributed by atoms with Gasteiger partial charge in [-0.1, -0.05) is 6.92 Å². The first-order chi connectivity index (χ1) is 8.72. The van der Waals surface area contributed by atoms with Gasteiger partial charge in [-0.25, -0.2) is 13.8 Å². The summed E-state index contributed by atoms with van der Waals surface area (Å²) in [6, 6.07) is 0.926. The summed E-state index contributed by atoms with van der Waals surface area (Å²) < 4.78 is 27.3. The molecule has 1 saturated heterocycles. The monoisotopic (exact) mass is 255 g/mol. The zero-order valence-corrected chi connectivity index (χ0v) is 10.7. The van der Waals surface area contributed by atoms with Crippen LogP contribution in [0.3, 0.4) is 0 Å². The Labute approximate surface area is 106 Å². The Morgan fingerprint density at radius 3 is 2.61 bits per heavy atom. The minimum absolute atomic E-state index is 0.152. The molecule has 1 N–H and O–H groups in total. The number of nitrogens with one attached hydrogen (secondary N) is 1. The zero-order valence-electron chi connectivity index (χ0n) is 10.7. The summed E-state index contributed by atoms with van der Waals surface area (Å²) in [4.78, 5) is 6.00. The van der Waals surface area contributed by atoms with Crippen LogP contribution in [0, 0.1) is 11.6 Å². The molecule has 0 radical (unpaired) electrons. The molecule has 1 aliphatic heterocycles. The van der Waals surface area contributed by atoms with E-state index in [1.54, 1.807) is 0 Å². The van der Waals surface area contributed by atoms with Gasteiger partial charge < -0.3 is 10.2 Å². The van der Waals surface area contributed by atoms with E-state index in [2.05, 4.69) is 10.3 Å². The first-order valence-corrected chi connectivity index (χ1v) is 6.57. The molecule has 2 heterocycles. The Balaban J connectivity index is 2.22. The molecule has 1 aromatic heterocycles. The maximum Gasteiger partial charge on any atom is 0.168 e. The van der Waals surface area contributed by atoms with Crippen molar-refractivity contribution < 1.29 is 8.78 Å². The van der Waals surface area contributed by atoms with Gasteiger partial charge in [0.2, 0.25) is 0 Å². The summed E-state index contributed by atoms with van der Waals surface area (Å²) >= 11 is 0. The fourth-order valence-corrected chi connectivity index (χ4v) is 2.15. The lowest BCUT2D eigenvalue weighted by atomic mass is 10.1. The molecule has 1 aliphatic rings. The molecule has 1 aromatic rings. The summed E-state index contributed by atoms with van der Waals surface area (Å²) in [5, 5.41) is 2.89. The number of anilines is 2. The molecule has 3 nitrogen and oxygen atoms in total. The Morgan fingerprint density at radius 2 is 1.94 bits per heavy atom. The Morgan fingerprint density at radius 1 is 1.22 bits per heavy atom. The normalized spacial score (nSPS) is 15.8. The number of nitrogens with zero attached hydrogens (tertiary/aromatic N) is 2. The van der Waals surface area contributed by atoms with Crippen LogP contribution in [-0.4, -0.2) is 24.6 Å². The first kappa shape index (κ1) is 13.1. The van der Waals surface area contributed by atoms with Gasteiger partial charge in [-0.3, -0.25) is 0 Å². The van der Waals surface area contributed by atoms with Crippen LogP contribution in [0.1, 0.15) is 32.6 Å². The molecule has 100 valence electrons. The SMILES string of the molecule is CCCNc1nc(N2CCCCC2)c(F)cc1F. The van der Waals surface area contributed by atoms with E-state index in [9.17, 15) is 8.78 Å². The lowest BCUT2D eigenvalue weighted by Gasteiger charge is -2.28. The number of halogens is 2. The number of rotatable bonds is 4. The molecule has 0 bridgehead atoms. The van der Waals surface area contributed by atoms with Crippen LogP contribution in [0.15, 0.2) is 6.07 Å². The van der Waals surface area contributed by atoms with E-state index >= 15 is 0 Å². The Bertz CT molecular complexity index is 403. The minimum Gasteiger partial charge on any atom is -0.368 e. The second-order valence-corrected chi connectivity index (χ2v) is 4.60. The van der Waals surface area contributed by atoms with E-state index in [1.165, 1.54) is 6.42 Å². The van der Waals surface area contributed by atoms with Gasteiger partial charge >= 0.3 is 0 Å². The third kappa shape index (κ3) is 2.89. The van der Waals surface area contributed by atoms with Gasteiger partial charge in [0, 0.05) is 25.7 Å². The molecule has 0 atom stereocenters. The molecule has 18 heavy (non-hydrogen) atoms. The molecule has 5 heteroatoms. The van der Waals surface area contributed by atoms with Crippen LogP contribution in [0.4, 0.5) is 20.4 Å². The summed E-state index contributed by atoms with van der Waals surface area (Å²) in [7, 11) is 0. The van der Waals surface area contributed by atoms with Crippen LogP contribution < -0.4 is 10.2 Å². The van der Waals surface area contributed by atoms with Crippen molar-refractivity contribution in [1.29, 1.82) is 0 Å². The highest BCUT2D eigenvalue weighted by Gasteiger charge is 2.19. The molecular formula is C13H19F2N3. The summed E-state index contributed by atoms with van der Waals surface area (Å²) in [6.07, 6.45) is 4.12. The zero-order chi connectivity index (χ0) is 13.0. The highest BCUT2D eigenvalue weighted by atomic mass is 19.1. The van der Waals surface area contributed by atoms with Crippen molar-refractivity contribution in [1.82, 2.24) is 4.98 Å². The summed E-state index contributed by atoms with van der Waals surface area (Å²) in [6.45, 7) is 4.21. The van der Waals surface area contributed by atoms with Gasteiger partial charge in [0.05, 0.1) is 0 Å². The third-order valence-electron chi connectivity index (χ3n) is 3.11. The van der Waals surface area contributed by atoms with Crippen molar-refractivity contribution in [2.75, 3.05) is 29.9 Å². The first-order valence-electron chi connectivity index (χ1n) is 6.57. The van der Waals surface area contributed by atoms with Gasteiger partial charge in [-0.05, 0) is 25.7 Å². The second-order valence-electron chi connectivity index (χ2n) is 4.60. The van der Waals surface area contributed by atoms with Crippen molar-refractivity contribution in [3.63, 3.8) is 0 Å². The quantitative estimate of drug-likeness (QED) is 0.895. The second kappa shape index (κ2) is 5.98. The summed E-state index contributed by atoms with van der Waals surface area (Å²) in [5.74, 6) is -0.772. The van der Waals surface area contributed by atoms with Gasteiger partial charge in [0.15, 0.2) is 23.3 Å². The number of pyridine rings is 1. The number of aromatic nitrogens is 1. The van der Waals surface area contributed by atoms with Crippen LogP contribution in [0.25, 0.3) is 0 Å². The number of hydrogen-bond donors (Lipinski definition) is 1. The van der Waals surface area contributed by atoms with Crippen LogP contribution >= 0.6 is 0 Å². The van der Waals surface area contributed by atoms with E-state index in [-0.39, 0.29) is 11.6 Å². The summed E-state index contributed by atoms with van der Waals surface area (Å²) in [5.41, 5.74) is 0. The predicted molar refractivity (Wildman–Crippen MR) is 69.0 cm³/mol. The smallest absolute Gasteiger partial charge is 0.168 e. The average molecular weight is 255 g/mol. The van der Waals surface area contributed by atoms with Crippen molar-refractivity contribution in [2.45, 2.75) is 32.6 Å². The van der Waals surface area contributed by atoms with Crippen LogP contribution in [-0.2, 0) is 0 Å². The molecule has 2 rings (SSSR count). The Hall–Kier alpha value is -1.39. The van der Waals surface area contributed by atoms with Crippen molar-refractivity contribution >= 4 is 11.6 Å². The van der Waals surface area contributed by atoms with Gasteiger partial charge in [0.1, 0.15) is 0 Å². The molecule has 0 spiro atoms. The maximum atomic E-state index is 13.8. The van der Waals surface area contributed by atoms with Gasteiger partial charge in [-0.15, -0.1) is 0 Å². The molecule has 0 aromatic carbocycles. The van der Waals surface area contributed by atoms with E-state index < -0.39 is 11.6 Å². The standard InChI is InChI=1S/C13H19F2N3/c1-2-6-16-12-10(14)9-11(15)13(17-12)18-7-4-3-5-8-18/h9H,2-8H2,1H3,(H,16,17). The molecule has 1 fully saturated rings. The van der Waals surface area contributed by atoms with Crippen LogP contribution in [0.2, 0.25) is 0 Å². The lowest BCUT2D eigenvalue weighted by molar-refractivity contribution is 0.538. The molecule has 0 unspecified atom stereocenters. The van der Waals surface area contributed by atoms with Crippen molar-refractivity contribution in [3.05, 3.63) is 17.7 Å². The van der Waals surface area contributed by atoms with E-state index in [0.29, 0.717) is 6.54 Å².